The van der Waals surface area contributed by atoms with E-state index in [1.54, 1.807) is 7.05 Å². The van der Waals surface area contributed by atoms with Crippen LogP contribution in [0, 0.1) is 12.8 Å². The van der Waals surface area contributed by atoms with Crippen LogP contribution in [0.5, 0.6) is 0 Å². The first-order valence-electron chi connectivity index (χ1n) is 8.44. The van der Waals surface area contributed by atoms with Gasteiger partial charge in [-0.05, 0) is 49.9 Å². The zero-order valence-electron chi connectivity index (χ0n) is 14.6. The maximum absolute atomic E-state index is 12.1. The molecule has 0 saturated heterocycles. The predicted octanol–water partition coefficient (Wildman–Crippen LogP) is 2.46. The van der Waals surface area contributed by atoms with Crippen molar-refractivity contribution >= 4 is 39.3 Å². The summed E-state index contributed by atoms with van der Waals surface area (Å²) in [4.78, 5) is 37.1. The average molecular weight is 410 g/mol. The number of hydrogen-bond acceptors (Lipinski definition) is 3. The van der Waals surface area contributed by atoms with E-state index in [0.29, 0.717) is 19.4 Å². The Morgan fingerprint density at radius 3 is 2.64 bits per heavy atom. The van der Waals surface area contributed by atoms with Gasteiger partial charge in [0, 0.05) is 36.1 Å². The average Bonchev–Trinajstić information content (AvgIpc) is 3.38. The molecule has 3 amide bonds. The maximum atomic E-state index is 12.1. The lowest BCUT2D eigenvalue weighted by Crippen LogP contribution is -2.35. The van der Waals surface area contributed by atoms with Crippen LogP contribution in [0.15, 0.2) is 22.7 Å². The molecule has 1 aliphatic rings. The number of nitrogens with one attached hydrogen (secondary N) is 2. The molecule has 2 N–H and O–H groups in total. The minimum absolute atomic E-state index is 0.00275. The summed E-state index contributed by atoms with van der Waals surface area (Å²) in [7, 11) is 1.61. The number of nitrogens with zero attached hydrogens (tertiary/aromatic N) is 1. The van der Waals surface area contributed by atoms with E-state index in [9.17, 15) is 14.4 Å². The van der Waals surface area contributed by atoms with Crippen molar-refractivity contribution in [2.24, 2.45) is 5.92 Å². The van der Waals surface area contributed by atoms with Crippen LogP contribution >= 0.6 is 15.9 Å². The van der Waals surface area contributed by atoms with E-state index in [1.165, 1.54) is 4.90 Å². The molecule has 0 aromatic heterocycles. The van der Waals surface area contributed by atoms with Crippen molar-refractivity contribution in [2.75, 3.05) is 25.5 Å². The number of rotatable bonds is 8. The number of amides is 3. The first-order valence-corrected chi connectivity index (χ1v) is 9.24. The molecule has 1 saturated carbocycles. The second-order valence-electron chi connectivity index (χ2n) is 6.43. The predicted molar refractivity (Wildman–Crippen MR) is 100 cm³/mol. The van der Waals surface area contributed by atoms with Gasteiger partial charge in [0.2, 0.25) is 17.7 Å². The lowest BCUT2D eigenvalue weighted by Gasteiger charge is -2.17. The molecule has 0 atom stereocenters. The summed E-state index contributed by atoms with van der Waals surface area (Å²) < 4.78 is 0.948. The standard InChI is InChI=1S/C18H24BrN3O3/c1-12-10-14(19)7-8-15(12)21-16(23)11-22(2)17(24)4-3-9-20-18(25)13-5-6-13/h7-8,10,13H,3-6,9,11H2,1-2H3,(H,20,25)(H,21,23). The highest BCUT2D eigenvalue weighted by atomic mass is 79.9. The van der Waals surface area contributed by atoms with Gasteiger partial charge < -0.3 is 15.5 Å². The third-order valence-corrected chi connectivity index (χ3v) is 4.58. The zero-order chi connectivity index (χ0) is 18.4. The van der Waals surface area contributed by atoms with Crippen molar-refractivity contribution in [3.8, 4) is 0 Å². The molecular weight excluding hydrogens is 386 g/mol. The van der Waals surface area contributed by atoms with Crippen LogP contribution in [0.3, 0.4) is 0 Å². The Morgan fingerprint density at radius 1 is 1.28 bits per heavy atom. The highest BCUT2D eigenvalue weighted by molar-refractivity contribution is 9.10. The van der Waals surface area contributed by atoms with Crippen LogP contribution in [0.25, 0.3) is 0 Å². The van der Waals surface area contributed by atoms with E-state index in [2.05, 4.69) is 26.6 Å². The van der Waals surface area contributed by atoms with Crippen LogP contribution < -0.4 is 10.6 Å². The summed E-state index contributed by atoms with van der Waals surface area (Å²) >= 11 is 3.38. The molecular formula is C18H24BrN3O3. The van der Waals surface area contributed by atoms with Crippen LogP contribution in [-0.2, 0) is 14.4 Å². The van der Waals surface area contributed by atoms with Gasteiger partial charge in [0.25, 0.3) is 0 Å². The van der Waals surface area contributed by atoms with Crippen LogP contribution in [0.4, 0.5) is 5.69 Å². The van der Waals surface area contributed by atoms with E-state index < -0.39 is 0 Å². The molecule has 0 spiro atoms. The highest BCUT2D eigenvalue weighted by Gasteiger charge is 2.29. The molecule has 136 valence electrons. The summed E-state index contributed by atoms with van der Waals surface area (Å²) in [6.07, 6.45) is 2.84. The van der Waals surface area contributed by atoms with E-state index in [4.69, 9.17) is 0 Å². The molecule has 6 nitrogen and oxygen atoms in total. The first kappa shape index (κ1) is 19.4. The number of carbonyl (C=O) groups is 3. The van der Waals surface area contributed by atoms with Gasteiger partial charge in [-0.2, -0.15) is 0 Å². The second kappa shape index (κ2) is 8.99. The quantitative estimate of drug-likeness (QED) is 0.647. The van der Waals surface area contributed by atoms with E-state index in [1.807, 2.05) is 25.1 Å². The highest BCUT2D eigenvalue weighted by Crippen LogP contribution is 2.28. The van der Waals surface area contributed by atoms with E-state index in [-0.39, 0.29) is 30.2 Å². The van der Waals surface area contributed by atoms with Gasteiger partial charge in [-0.15, -0.1) is 0 Å². The number of halogens is 1. The number of likely N-dealkylation sites (N-methyl/N-ethyl adjacent to an activating group) is 1. The largest absolute Gasteiger partial charge is 0.356 e. The summed E-state index contributed by atoms with van der Waals surface area (Å²) in [6.45, 7) is 2.41. The Hall–Kier alpha value is -1.89. The van der Waals surface area contributed by atoms with Gasteiger partial charge in [0.05, 0.1) is 6.54 Å². The van der Waals surface area contributed by atoms with Gasteiger partial charge in [-0.25, -0.2) is 0 Å². The van der Waals surface area contributed by atoms with Gasteiger partial charge in [0.15, 0.2) is 0 Å². The Bertz CT molecular complexity index is 659. The third kappa shape index (κ3) is 6.49. The third-order valence-electron chi connectivity index (χ3n) is 4.08. The van der Waals surface area contributed by atoms with Gasteiger partial charge >= 0.3 is 0 Å². The smallest absolute Gasteiger partial charge is 0.243 e. The van der Waals surface area contributed by atoms with Crippen molar-refractivity contribution in [1.82, 2.24) is 10.2 Å². The van der Waals surface area contributed by atoms with E-state index in [0.717, 1.165) is 28.6 Å². The van der Waals surface area contributed by atoms with Crippen molar-refractivity contribution in [3.05, 3.63) is 28.2 Å². The van der Waals surface area contributed by atoms with Crippen molar-refractivity contribution in [1.29, 1.82) is 0 Å². The molecule has 0 radical (unpaired) electrons. The molecule has 2 rings (SSSR count). The normalized spacial score (nSPS) is 13.2. The topological polar surface area (TPSA) is 78.5 Å². The second-order valence-corrected chi connectivity index (χ2v) is 7.34. The first-order chi connectivity index (χ1) is 11.9. The number of hydrogen-bond donors (Lipinski definition) is 2. The molecule has 1 aliphatic carbocycles. The Balaban J connectivity index is 1.68. The van der Waals surface area contributed by atoms with Crippen LogP contribution in [0.2, 0.25) is 0 Å². The molecule has 0 aliphatic heterocycles. The van der Waals surface area contributed by atoms with Crippen molar-refractivity contribution < 1.29 is 14.4 Å². The van der Waals surface area contributed by atoms with Gasteiger partial charge in [0.1, 0.15) is 0 Å². The minimum atomic E-state index is -0.233. The van der Waals surface area contributed by atoms with Gasteiger partial charge in [-0.1, -0.05) is 15.9 Å². The Morgan fingerprint density at radius 2 is 2.00 bits per heavy atom. The summed E-state index contributed by atoms with van der Waals surface area (Å²) in [6, 6.07) is 5.59. The minimum Gasteiger partial charge on any atom is -0.356 e. The van der Waals surface area contributed by atoms with Crippen LogP contribution in [-0.4, -0.2) is 42.8 Å². The lowest BCUT2D eigenvalue weighted by molar-refractivity contribution is -0.133. The number of benzene rings is 1. The fourth-order valence-electron chi connectivity index (χ4n) is 2.39. The van der Waals surface area contributed by atoms with Crippen molar-refractivity contribution in [3.63, 3.8) is 0 Å². The summed E-state index contributed by atoms with van der Waals surface area (Å²) in [5, 5.41) is 5.64. The lowest BCUT2D eigenvalue weighted by atomic mass is 10.2. The summed E-state index contributed by atoms with van der Waals surface area (Å²) in [5.41, 5.74) is 1.68. The fraction of sp³-hybridized carbons (Fsp3) is 0.500. The Labute approximate surface area is 156 Å². The molecule has 0 unspecified atom stereocenters. The summed E-state index contributed by atoms with van der Waals surface area (Å²) in [5.74, 6) is -0.0687. The van der Waals surface area contributed by atoms with Crippen molar-refractivity contribution in [2.45, 2.75) is 32.6 Å². The molecule has 1 aromatic rings. The molecule has 25 heavy (non-hydrogen) atoms. The molecule has 1 aromatic carbocycles. The maximum Gasteiger partial charge on any atom is 0.243 e. The SMILES string of the molecule is Cc1cc(Br)ccc1NC(=O)CN(C)C(=O)CCCNC(=O)C1CC1. The number of carbonyl (C=O) groups excluding carboxylic acids is 3. The molecule has 1 fully saturated rings. The molecule has 0 bridgehead atoms. The number of anilines is 1. The monoisotopic (exact) mass is 409 g/mol. The molecule has 0 heterocycles. The van der Waals surface area contributed by atoms with Crippen LogP contribution in [0.1, 0.15) is 31.2 Å². The number of aryl methyl sites for hydroxylation is 1. The molecule has 7 heteroatoms. The fourth-order valence-corrected chi connectivity index (χ4v) is 2.87. The Kier molecular flexibility index (Phi) is 6.99. The zero-order valence-corrected chi connectivity index (χ0v) is 16.2. The van der Waals surface area contributed by atoms with Gasteiger partial charge in [-0.3, -0.25) is 14.4 Å². The van der Waals surface area contributed by atoms with E-state index >= 15 is 0 Å².